The van der Waals surface area contributed by atoms with Crippen LogP contribution in [0.2, 0.25) is 0 Å². The lowest BCUT2D eigenvalue weighted by Gasteiger charge is -2.70. The molecule has 1 aliphatic heterocycles. The van der Waals surface area contributed by atoms with Gasteiger partial charge in [-0.2, -0.15) is 17.6 Å². The van der Waals surface area contributed by atoms with Crippen LogP contribution < -0.4 is 5.32 Å². The minimum Gasteiger partial charge on any atom is -0.354 e. The van der Waals surface area contributed by atoms with E-state index in [1.807, 2.05) is 6.20 Å². The van der Waals surface area contributed by atoms with Gasteiger partial charge in [-0.3, -0.25) is 4.79 Å². The highest BCUT2D eigenvalue weighted by Gasteiger charge is 2.69. The van der Waals surface area contributed by atoms with Crippen molar-refractivity contribution in [1.82, 2.24) is 19.4 Å². The molecule has 7 nitrogen and oxygen atoms in total. The van der Waals surface area contributed by atoms with E-state index in [9.17, 15) is 13.2 Å². The molecule has 7 atom stereocenters. The molecule has 8 rings (SSSR count). The lowest BCUT2D eigenvalue weighted by atomic mass is 9.33. The van der Waals surface area contributed by atoms with Crippen LogP contribution in [0.3, 0.4) is 0 Å². The molecule has 1 aromatic carbocycles. The first kappa shape index (κ1) is 37.9. The number of aromatic nitrogens is 2. The average molecular weight is 808 g/mol. The zero-order valence-electron chi connectivity index (χ0n) is 33.4. The van der Waals surface area contributed by atoms with Crippen LogP contribution in [0, 0.1) is 44.8 Å². The quantitative estimate of drug-likeness (QED) is 0.295. The molecule has 0 radical (unpaired) electrons. The minimum atomic E-state index is -3.82. The van der Waals surface area contributed by atoms with Gasteiger partial charge in [-0.1, -0.05) is 82.5 Å². The Labute approximate surface area is 327 Å². The second kappa shape index (κ2) is 12.8. The van der Waals surface area contributed by atoms with E-state index >= 15 is 0 Å². The van der Waals surface area contributed by atoms with Gasteiger partial charge in [0.15, 0.2) is 0 Å². The fourth-order valence-electron chi connectivity index (χ4n) is 13.6. The number of likely N-dealkylation sites (tertiary alicyclic amines) is 1. The van der Waals surface area contributed by atoms with Crippen molar-refractivity contribution in [3.05, 3.63) is 57.8 Å². The van der Waals surface area contributed by atoms with Crippen LogP contribution in [0.4, 0.5) is 0 Å². The fourth-order valence-corrected chi connectivity index (χ4v) is 15.0. The number of allylic oxidation sites excluding steroid dienone is 2. The van der Waals surface area contributed by atoms with E-state index in [2.05, 4.69) is 80.7 Å². The first-order valence-electron chi connectivity index (χ1n) is 20.7. The van der Waals surface area contributed by atoms with Crippen molar-refractivity contribution >= 4 is 31.9 Å². The van der Waals surface area contributed by atoms with Crippen LogP contribution in [0.15, 0.2) is 51.5 Å². The number of piperidine rings is 1. The van der Waals surface area contributed by atoms with Crippen molar-refractivity contribution in [2.24, 2.45) is 44.8 Å². The number of nitrogens with one attached hydrogen (secondary N) is 1. The number of hydrogen-bond donors (Lipinski definition) is 1. The molecule has 9 heteroatoms. The van der Waals surface area contributed by atoms with Crippen LogP contribution in [0.25, 0.3) is 0 Å². The second-order valence-corrected chi connectivity index (χ2v) is 23.0. The maximum atomic E-state index is 14.5. The molecule has 6 aliphatic rings. The van der Waals surface area contributed by atoms with Gasteiger partial charge in [0.1, 0.15) is 0 Å². The van der Waals surface area contributed by atoms with E-state index in [1.54, 1.807) is 29.8 Å². The molecular formula is C44H63BrN4O3S. The summed E-state index contributed by atoms with van der Waals surface area (Å²) < 4.78 is 29.8. The van der Waals surface area contributed by atoms with Gasteiger partial charge >= 0.3 is 0 Å². The van der Waals surface area contributed by atoms with Crippen LogP contribution in [-0.4, -0.2) is 54.6 Å². The summed E-state index contributed by atoms with van der Waals surface area (Å²) in [5.74, 6) is 1.43. The smallest absolute Gasteiger partial charge is 0.282 e. The van der Waals surface area contributed by atoms with Crippen LogP contribution >= 0.6 is 15.9 Å². The molecule has 0 bridgehead atoms. The standard InChI is InChI=1S/C44H63BrN4O3S/c1-39(2)19-21-44(38(50)46-23-26-48-24-9-8-10-25-48)22-20-42(6)33(34(44)28-39)15-16-36-41(5)27-30-29-49(53(51,52)32-13-11-31(45)12-14-32)47-37(30)40(3,4)35(41)17-18-43(36,42)7/h11-15,29,34-36H,8-10,16-28H2,1-7H3,(H,46,50)/t34-,35-,36+,41-,42+,43+,44-/m0/s1. The molecule has 2 heterocycles. The molecule has 0 unspecified atom stereocenters. The summed E-state index contributed by atoms with van der Waals surface area (Å²) in [7, 11) is -3.82. The van der Waals surface area contributed by atoms with Gasteiger partial charge < -0.3 is 10.2 Å². The van der Waals surface area contributed by atoms with Crippen LogP contribution in [-0.2, 0) is 26.7 Å². The van der Waals surface area contributed by atoms with Gasteiger partial charge in [-0.25, -0.2) is 0 Å². The molecule has 5 aliphatic carbocycles. The number of hydrogen-bond acceptors (Lipinski definition) is 5. The number of nitrogens with zero attached hydrogens (tertiary/aromatic N) is 3. The Kier molecular flexibility index (Phi) is 9.14. The van der Waals surface area contributed by atoms with Crippen LogP contribution in [0.1, 0.15) is 130 Å². The maximum absolute atomic E-state index is 14.5. The Hall–Kier alpha value is -1.97. The Balaban J connectivity index is 1.12. The summed E-state index contributed by atoms with van der Waals surface area (Å²) in [6.07, 6.45) is 17.7. The van der Waals surface area contributed by atoms with Gasteiger partial charge in [-0.05, 0) is 153 Å². The zero-order chi connectivity index (χ0) is 37.8. The molecule has 4 fully saturated rings. The van der Waals surface area contributed by atoms with E-state index in [1.165, 1.54) is 23.3 Å². The Morgan fingerprint density at radius 3 is 2.34 bits per heavy atom. The predicted octanol–water partition coefficient (Wildman–Crippen LogP) is 9.30. The lowest BCUT2D eigenvalue weighted by Crippen LogP contribution is -2.65. The zero-order valence-corrected chi connectivity index (χ0v) is 35.8. The monoisotopic (exact) mass is 806 g/mol. The number of amides is 1. The summed E-state index contributed by atoms with van der Waals surface area (Å²) >= 11 is 3.44. The number of carbonyl (C=O) groups excluding carboxylic acids is 1. The number of benzene rings is 1. The molecule has 1 N–H and O–H groups in total. The van der Waals surface area contributed by atoms with Crippen molar-refractivity contribution in [3.63, 3.8) is 0 Å². The Morgan fingerprint density at radius 1 is 0.925 bits per heavy atom. The summed E-state index contributed by atoms with van der Waals surface area (Å²) in [5.41, 5.74) is 3.32. The average Bonchev–Trinajstić information content (AvgIpc) is 3.54. The van der Waals surface area contributed by atoms with Crippen molar-refractivity contribution in [1.29, 1.82) is 0 Å². The third-order valence-corrected chi connectivity index (χ3v) is 18.8. The molecule has 290 valence electrons. The molecule has 0 spiro atoms. The van der Waals surface area contributed by atoms with Gasteiger partial charge in [-0.15, -0.1) is 0 Å². The van der Waals surface area contributed by atoms with E-state index in [0.717, 1.165) is 99.7 Å². The van der Waals surface area contributed by atoms with Crippen molar-refractivity contribution in [2.45, 2.75) is 136 Å². The first-order chi connectivity index (χ1) is 24.9. The number of carbonyl (C=O) groups is 1. The normalized spacial score (nSPS) is 37.6. The van der Waals surface area contributed by atoms with Crippen LogP contribution in [0.5, 0.6) is 0 Å². The molecule has 2 aromatic rings. The van der Waals surface area contributed by atoms with E-state index in [4.69, 9.17) is 5.10 Å². The minimum absolute atomic E-state index is 0.0130. The molecule has 1 aromatic heterocycles. The number of halogens is 1. The van der Waals surface area contributed by atoms with Crippen molar-refractivity contribution < 1.29 is 13.2 Å². The maximum Gasteiger partial charge on any atom is 0.282 e. The third kappa shape index (κ3) is 5.72. The number of rotatable bonds is 6. The van der Waals surface area contributed by atoms with Gasteiger partial charge in [0.2, 0.25) is 5.91 Å². The molecule has 1 amide bonds. The van der Waals surface area contributed by atoms with Crippen molar-refractivity contribution in [2.75, 3.05) is 26.2 Å². The first-order valence-corrected chi connectivity index (χ1v) is 22.9. The highest BCUT2D eigenvalue weighted by molar-refractivity contribution is 9.10. The van der Waals surface area contributed by atoms with Gasteiger partial charge in [0.25, 0.3) is 10.0 Å². The highest BCUT2D eigenvalue weighted by Crippen LogP contribution is 2.75. The van der Waals surface area contributed by atoms with E-state index in [0.29, 0.717) is 17.7 Å². The second-order valence-electron chi connectivity index (χ2n) is 20.3. The summed E-state index contributed by atoms with van der Waals surface area (Å²) in [6, 6.07) is 6.84. The number of fused-ring (bicyclic) bond motifs is 8. The summed E-state index contributed by atoms with van der Waals surface area (Å²) in [5, 5.41) is 8.41. The summed E-state index contributed by atoms with van der Waals surface area (Å²) in [6.45, 7) is 21.2. The highest BCUT2D eigenvalue weighted by atomic mass is 79.9. The van der Waals surface area contributed by atoms with Crippen molar-refractivity contribution in [3.8, 4) is 0 Å². The Bertz CT molecular complexity index is 1910. The SMILES string of the molecule is CC1(C)CC[C@]2(C(=O)NCCN3CCCCC3)CC[C@]3(C)C(=CC[C@@H]4[C@@]5(C)Cc6cn(S(=O)(=O)c7ccc(Br)cc7)nc6C(C)(C)[C@@H]5CC[C@]43C)[C@@H]2C1. The van der Waals surface area contributed by atoms with E-state index < -0.39 is 10.0 Å². The largest absolute Gasteiger partial charge is 0.354 e. The Morgan fingerprint density at radius 2 is 1.62 bits per heavy atom. The molecule has 3 saturated carbocycles. The predicted molar refractivity (Wildman–Crippen MR) is 215 cm³/mol. The topological polar surface area (TPSA) is 84.3 Å². The fraction of sp³-hybridized carbons (Fsp3) is 0.727. The molecule has 1 saturated heterocycles. The molecule has 53 heavy (non-hydrogen) atoms. The van der Waals surface area contributed by atoms with E-state index in [-0.39, 0.29) is 43.3 Å². The lowest BCUT2D eigenvalue weighted by molar-refractivity contribution is -0.167. The molecular weight excluding hydrogens is 744 g/mol. The third-order valence-electron chi connectivity index (χ3n) is 16.7. The van der Waals surface area contributed by atoms with Gasteiger partial charge in [0.05, 0.1) is 16.0 Å². The van der Waals surface area contributed by atoms with Gasteiger partial charge in [0, 0.05) is 29.2 Å². The summed E-state index contributed by atoms with van der Waals surface area (Å²) in [4.78, 5) is 17.3.